The number of carbonyl (C=O) groups is 2. The van der Waals surface area contributed by atoms with Gasteiger partial charge in [-0.1, -0.05) is 0 Å². The van der Waals surface area contributed by atoms with Crippen molar-refractivity contribution in [2.24, 2.45) is 0 Å². The van der Waals surface area contributed by atoms with Crippen molar-refractivity contribution >= 4 is 35.3 Å². The highest BCUT2D eigenvalue weighted by Crippen LogP contribution is 2.31. The van der Waals surface area contributed by atoms with Crippen molar-refractivity contribution in [3.05, 3.63) is 79.9 Å². The molecule has 14 nitrogen and oxygen atoms in total. The van der Waals surface area contributed by atoms with Crippen LogP contribution in [0.4, 0.5) is 21.0 Å². The summed E-state index contributed by atoms with van der Waals surface area (Å²) in [6.45, 7) is 1.05. The van der Waals surface area contributed by atoms with Crippen molar-refractivity contribution in [3.8, 4) is 0 Å². The maximum absolute atomic E-state index is 12.7. The first-order chi connectivity index (χ1) is 20.6. The van der Waals surface area contributed by atoms with Gasteiger partial charge >= 0.3 is 12.2 Å². The predicted molar refractivity (Wildman–Crippen MR) is 155 cm³/mol. The lowest BCUT2D eigenvalue weighted by Crippen LogP contribution is -2.40. The number of nitro benzene ring substituents is 2. The standard InChI is InChI=1S/C28H34N4O10S/c33-24-15-23(30(16-24)28(36)42-18-20-3-7-22(8-4-20)32(39)40)9-10-26(34)43-25-11-13-29(14-12-25)27(35)41-17-19-1-5-21(6-2-19)31(37)38/h1-8,23-26,33-34H,9-18H2/t23-,24+,26+/m0/s1. The molecule has 0 spiro atoms. The molecule has 232 valence electrons. The Morgan fingerprint density at radius 3 is 1.93 bits per heavy atom. The van der Waals surface area contributed by atoms with Gasteiger partial charge in [0.15, 0.2) is 0 Å². The quantitative estimate of drug-likeness (QED) is 0.209. The van der Waals surface area contributed by atoms with Gasteiger partial charge in [0.1, 0.15) is 13.2 Å². The Morgan fingerprint density at radius 1 is 0.907 bits per heavy atom. The molecule has 3 atom stereocenters. The molecule has 2 aromatic carbocycles. The van der Waals surface area contributed by atoms with Crippen LogP contribution in [-0.2, 0) is 22.7 Å². The van der Waals surface area contributed by atoms with E-state index in [0.29, 0.717) is 56.3 Å². The number of amides is 2. The minimum atomic E-state index is -0.689. The van der Waals surface area contributed by atoms with E-state index in [1.54, 1.807) is 17.0 Å². The molecule has 2 N–H and O–H groups in total. The van der Waals surface area contributed by atoms with Gasteiger partial charge in [0.05, 0.1) is 27.9 Å². The van der Waals surface area contributed by atoms with Crippen LogP contribution in [0.1, 0.15) is 43.2 Å². The summed E-state index contributed by atoms with van der Waals surface area (Å²) in [5, 5.41) is 42.6. The number of nitro groups is 2. The van der Waals surface area contributed by atoms with E-state index in [2.05, 4.69) is 0 Å². The van der Waals surface area contributed by atoms with Crippen molar-refractivity contribution < 1.29 is 39.1 Å². The smallest absolute Gasteiger partial charge is 0.410 e. The van der Waals surface area contributed by atoms with Crippen LogP contribution in [0.5, 0.6) is 0 Å². The topological polar surface area (TPSA) is 186 Å². The van der Waals surface area contributed by atoms with Crippen LogP contribution < -0.4 is 0 Å². The summed E-state index contributed by atoms with van der Waals surface area (Å²) in [5.74, 6) is 0. The summed E-state index contributed by atoms with van der Waals surface area (Å²) in [6, 6.07) is 11.2. The Labute approximate surface area is 251 Å². The lowest BCUT2D eigenvalue weighted by Gasteiger charge is -2.32. The molecule has 0 radical (unpaired) electrons. The number of piperidine rings is 1. The number of benzene rings is 2. The summed E-state index contributed by atoms with van der Waals surface area (Å²) in [5.41, 5.74) is 0.485. The number of non-ortho nitro benzene ring substituents is 2. The lowest BCUT2D eigenvalue weighted by molar-refractivity contribution is -0.385. The van der Waals surface area contributed by atoms with E-state index in [0.717, 1.165) is 0 Å². The number of thioether (sulfide) groups is 1. The minimum Gasteiger partial charge on any atom is -0.445 e. The zero-order chi connectivity index (χ0) is 30.9. The van der Waals surface area contributed by atoms with Crippen molar-refractivity contribution in [1.82, 2.24) is 9.80 Å². The second kappa shape index (κ2) is 15.0. The molecule has 2 aliphatic heterocycles. The fraction of sp³-hybridized carbons (Fsp3) is 0.500. The van der Waals surface area contributed by atoms with Crippen molar-refractivity contribution in [2.75, 3.05) is 19.6 Å². The summed E-state index contributed by atoms with van der Waals surface area (Å²) in [6.07, 6.45) is 0.889. The van der Waals surface area contributed by atoms with Gasteiger partial charge in [0, 0.05) is 48.6 Å². The van der Waals surface area contributed by atoms with Crippen LogP contribution in [0.3, 0.4) is 0 Å². The van der Waals surface area contributed by atoms with Gasteiger partial charge in [-0.15, -0.1) is 11.8 Å². The average molecular weight is 619 g/mol. The first-order valence-corrected chi connectivity index (χ1v) is 14.9. The number of aliphatic hydroxyl groups is 2. The first kappa shape index (κ1) is 32.0. The highest BCUT2D eigenvalue weighted by Gasteiger charge is 2.36. The number of hydrogen-bond donors (Lipinski definition) is 2. The van der Waals surface area contributed by atoms with E-state index in [9.17, 15) is 40.0 Å². The number of ether oxygens (including phenoxy) is 2. The Kier molecular flexibility index (Phi) is 11.1. The number of rotatable bonds is 11. The lowest BCUT2D eigenvalue weighted by atomic mass is 10.1. The summed E-state index contributed by atoms with van der Waals surface area (Å²) >= 11 is 1.43. The van der Waals surface area contributed by atoms with Crippen molar-refractivity contribution in [3.63, 3.8) is 0 Å². The molecule has 0 bridgehead atoms. The fourth-order valence-corrected chi connectivity index (χ4v) is 6.28. The molecule has 4 rings (SSSR count). The second-order valence-electron chi connectivity index (χ2n) is 10.5. The number of β-amino-alcohol motifs (C(OH)–C–C–N with tert-alkyl or cyclic N) is 1. The molecule has 43 heavy (non-hydrogen) atoms. The van der Waals surface area contributed by atoms with E-state index in [-0.39, 0.29) is 42.4 Å². The zero-order valence-corrected chi connectivity index (χ0v) is 24.2. The second-order valence-corrected chi connectivity index (χ2v) is 12.0. The molecule has 2 saturated heterocycles. The molecule has 2 aliphatic rings. The van der Waals surface area contributed by atoms with Gasteiger partial charge in [-0.3, -0.25) is 20.2 Å². The van der Waals surface area contributed by atoms with Crippen LogP contribution in [-0.4, -0.2) is 84.5 Å². The Hall–Kier alpha value is -3.95. The van der Waals surface area contributed by atoms with Gasteiger partial charge < -0.3 is 29.5 Å². The molecule has 0 aliphatic carbocycles. The van der Waals surface area contributed by atoms with Crippen LogP contribution >= 0.6 is 11.8 Å². The average Bonchev–Trinajstić information content (AvgIpc) is 3.38. The third-order valence-electron chi connectivity index (χ3n) is 7.44. The molecule has 15 heteroatoms. The Balaban J connectivity index is 1.15. The summed E-state index contributed by atoms with van der Waals surface area (Å²) in [4.78, 5) is 48.8. The monoisotopic (exact) mass is 618 g/mol. The van der Waals surface area contributed by atoms with E-state index in [4.69, 9.17) is 9.47 Å². The first-order valence-electron chi connectivity index (χ1n) is 13.9. The van der Waals surface area contributed by atoms with Crippen LogP contribution in [0.25, 0.3) is 0 Å². The molecule has 0 aromatic heterocycles. The predicted octanol–water partition coefficient (Wildman–Crippen LogP) is 4.21. The van der Waals surface area contributed by atoms with Gasteiger partial charge in [-0.2, -0.15) is 0 Å². The van der Waals surface area contributed by atoms with Gasteiger partial charge in [0.2, 0.25) is 0 Å². The van der Waals surface area contributed by atoms with E-state index >= 15 is 0 Å². The van der Waals surface area contributed by atoms with E-state index in [1.807, 2.05) is 0 Å². The molecule has 0 unspecified atom stereocenters. The number of nitrogens with zero attached hydrogens (tertiary/aromatic N) is 4. The minimum absolute atomic E-state index is 0.0156. The van der Waals surface area contributed by atoms with Crippen LogP contribution in [0.2, 0.25) is 0 Å². The van der Waals surface area contributed by atoms with Gasteiger partial charge in [0.25, 0.3) is 11.4 Å². The number of hydrogen-bond acceptors (Lipinski definition) is 11. The van der Waals surface area contributed by atoms with Crippen molar-refractivity contribution in [2.45, 2.75) is 68.1 Å². The number of aliphatic hydroxyl groups excluding tert-OH is 2. The Bertz CT molecular complexity index is 1270. The third kappa shape index (κ3) is 9.27. The molecule has 2 amide bonds. The van der Waals surface area contributed by atoms with Crippen LogP contribution in [0, 0.1) is 20.2 Å². The number of likely N-dealkylation sites (tertiary alicyclic amines) is 2. The van der Waals surface area contributed by atoms with Crippen LogP contribution in [0.15, 0.2) is 48.5 Å². The largest absolute Gasteiger partial charge is 0.445 e. The fourth-order valence-electron chi connectivity index (χ4n) is 5.08. The normalized spacial score (nSPS) is 19.6. The van der Waals surface area contributed by atoms with Gasteiger partial charge in [-0.05, 0) is 67.5 Å². The molecular weight excluding hydrogens is 584 g/mol. The summed E-state index contributed by atoms with van der Waals surface area (Å²) in [7, 11) is 0. The number of carbonyl (C=O) groups excluding carboxylic acids is 2. The molecular formula is C28H34N4O10S. The maximum atomic E-state index is 12.7. The molecule has 2 aromatic rings. The molecule has 0 saturated carbocycles. The third-order valence-corrected chi connectivity index (χ3v) is 8.85. The Morgan fingerprint density at radius 2 is 1.42 bits per heavy atom. The maximum Gasteiger partial charge on any atom is 0.410 e. The zero-order valence-electron chi connectivity index (χ0n) is 23.4. The van der Waals surface area contributed by atoms with Gasteiger partial charge in [-0.25, -0.2) is 9.59 Å². The SMILES string of the molecule is O=C(OCc1ccc([N+](=O)[O-])cc1)N1CCC(S[C@@H](O)CC[C@H]2C[C@@H](O)CN2C(=O)OCc2ccc([N+](=O)[O-])cc2)CC1. The van der Waals surface area contributed by atoms with E-state index < -0.39 is 33.6 Å². The van der Waals surface area contributed by atoms with Crippen molar-refractivity contribution in [1.29, 1.82) is 0 Å². The van der Waals surface area contributed by atoms with E-state index in [1.165, 1.54) is 53.1 Å². The summed E-state index contributed by atoms with van der Waals surface area (Å²) < 4.78 is 10.7. The molecule has 2 fully saturated rings. The molecule has 2 heterocycles. The highest BCUT2D eigenvalue weighted by molar-refractivity contribution is 8.00. The highest BCUT2D eigenvalue weighted by atomic mass is 32.2.